The third kappa shape index (κ3) is 9.20. The Kier molecular flexibility index (Phi) is 11.7. The van der Waals surface area contributed by atoms with Crippen LogP contribution in [0.15, 0.2) is 29.3 Å². The molecule has 148 valence electrons. The second-order valence-corrected chi connectivity index (χ2v) is 6.90. The van der Waals surface area contributed by atoms with Crippen molar-refractivity contribution < 1.29 is 4.74 Å². The van der Waals surface area contributed by atoms with E-state index in [0.717, 1.165) is 58.3 Å². The van der Waals surface area contributed by atoms with Gasteiger partial charge in [-0.05, 0) is 36.6 Å². The van der Waals surface area contributed by atoms with E-state index in [4.69, 9.17) is 4.74 Å². The summed E-state index contributed by atoms with van der Waals surface area (Å²) in [5, 5.41) is 6.78. The monoisotopic (exact) mass is 362 g/mol. The summed E-state index contributed by atoms with van der Waals surface area (Å²) in [6.07, 6.45) is 0.978. The van der Waals surface area contributed by atoms with Gasteiger partial charge in [0.1, 0.15) is 0 Å². The van der Waals surface area contributed by atoms with Crippen molar-refractivity contribution in [3.8, 4) is 0 Å². The maximum atomic E-state index is 5.61. The highest BCUT2D eigenvalue weighted by Gasteiger charge is 2.07. The number of hydrogen-bond donors (Lipinski definition) is 2. The Hall–Kier alpha value is -1.59. The van der Waals surface area contributed by atoms with Crippen LogP contribution >= 0.6 is 0 Å². The number of ether oxygens (including phenoxy) is 1. The minimum Gasteiger partial charge on any atom is -0.381 e. The lowest BCUT2D eigenvalue weighted by molar-refractivity contribution is 0.108. The molecule has 1 rings (SSSR count). The summed E-state index contributed by atoms with van der Waals surface area (Å²) in [6, 6.07) is 8.63. The van der Waals surface area contributed by atoms with Gasteiger partial charge in [0.25, 0.3) is 0 Å². The summed E-state index contributed by atoms with van der Waals surface area (Å²) >= 11 is 0. The van der Waals surface area contributed by atoms with E-state index in [-0.39, 0.29) is 0 Å². The summed E-state index contributed by atoms with van der Waals surface area (Å²) in [5.74, 6) is 1.43. The number of guanidine groups is 1. The third-order valence-corrected chi connectivity index (χ3v) is 4.29. The molecule has 0 aliphatic rings. The van der Waals surface area contributed by atoms with Crippen LogP contribution in [0.3, 0.4) is 0 Å². The summed E-state index contributed by atoms with van der Waals surface area (Å²) in [7, 11) is 1.81. The van der Waals surface area contributed by atoms with Crippen LogP contribution in [0.2, 0.25) is 0 Å². The molecule has 0 atom stereocenters. The lowest BCUT2D eigenvalue weighted by Crippen LogP contribution is -2.38. The van der Waals surface area contributed by atoms with Crippen LogP contribution in [-0.4, -0.2) is 50.8 Å². The van der Waals surface area contributed by atoms with Gasteiger partial charge in [0.15, 0.2) is 5.96 Å². The molecule has 5 nitrogen and oxygen atoms in total. The molecular weight excluding hydrogens is 324 g/mol. The Morgan fingerprint density at radius 3 is 2.42 bits per heavy atom. The standard InChI is InChI=1S/C21H38N4O/c1-6-25(7-2)16-20-12-9-8-11-19(20)15-24-21(22-5)23-13-10-14-26-17-18(3)4/h8-9,11-12,18H,6-7,10,13-17H2,1-5H3,(H2,22,23,24). The lowest BCUT2D eigenvalue weighted by Gasteiger charge is -2.20. The summed E-state index contributed by atoms with van der Waals surface area (Å²) in [6.45, 7) is 15.1. The smallest absolute Gasteiger partial charge is 0.191 e. The molecule has 5 heteroatoms. The first-order valence-electron chi connectivity index (χ1n) is 9.92. The maximum Gasteiger partial charge on any atom is 0.191 e. The number of nitrogens with one attached hydrogen (secondary N) is 2. The molecule has 0 unspecified atom stereocenters. The Bertz CT molecular complexity index is 512. The average molecular weight is 363 g/mol. The lowest BCUT2D eigenvalue weighted by atomic mass is 10.1. The fraction of sp³-hybridized carbons (Fsp3) is 0.667. The number of rotatable bonds is 12. The highest BCUT2D eigenvalue weighted by Crippen LogP contribution is 2.11. The molecule has 0 heterocycles. The molecule has 0 bridgehead atoms. The first-order chi connectivity index (χ1) is 12.6. The topological polar surface area (TPSA) is 48.9 Å². The molecule has 0 amide bonds. The number of nitrogens with zero attached hydrogens (tertiary/aromatic N) is 2. The van der Waals surface area contributed by atoms with Gasteiger partial charge in [-0.15, -0.1) is 0 Å². The van der Waals surface area contributed by atoms with Crippen LogP contribution in [0.4, 0.5) is 0 Å². The van der Waals surface area contributed by atoms with E-state index in [2.05, 4.69) is 72.5 Å². The first kappa shape index (κ1) is 22.5. The molecule has 1 aromatic rings. The van der Waals surface area contributed by atoms with Crippen molar-refractivity contribution in [2.45, 2.75) is 47.2 Å². The van der Waals surface area contributed by atoms with E-state index >= 15 is 0 Å². The van der Waals surface area contributed by atoms with Crippen molar-refractivity contribution in [1.82, 2.24) is 15.5 Å². The predicted octanol–water partition coefficient (Wildman–Crippen LogP) is 3.26. The van der Waals surface area contributed by atoms with Gasteiger partial charge in [0, 0.05) is 39.9 Å². The number of hydrogen-bond acceptors (Lipinski definition) is 3. The van der Waals surface area contributed by atoms with E-state index in [9.17, 15) is 0 Å². The Morgan fingerprint density at radius 2 is 1.81 bits per heavy atom. The number of benzene rings is 1. The summed E-state index contributed by atoms with van der Waals surface area (Å²) < 4.78 is 5.61. The first-order valence-corrected chi connectivity index (χ1v) is 9.92. The van der Waals surface area contributed by atoms with Gasteiger partial charge in [-0.1, -0.05) is 52.0 Å². The van der Waals surface area contributed by atoms with Gasteiger partial charge in [-0.25, -0.2) is 0 Å². The molecule has 0 saturated carbocycles. The zero-order valence-corrected chi connectivity index (χ0v) is 17.3. The van der Waals surface area contributed by atoms with Gasteiger partial charge in [0.05, 0.1) is 0 Å². The molecule has 2 N–H and O–H groups in total. The van der Waals surface area contributed by atoms with Crippen LogP contribution in [0.5, 0.6) is 0 Å². The maximum absolute atomic E-state index is 5.61. The molecular formula is C21H38N4O. The van der Waals surface area contributed by atoms with Crippen molar-refractivity contribution in [2.24, 2.45) is 10.9 Å². The predicted molar refractivity (Wildman–Crippen MR) is 112 cm³/mol. The molecule has 26 heavy (non-hydrogen) atoms. The Balaban J connectivity index is 2.41. The largest absolute Gasteiger partial charge is 0.381 e. The SMILES string of the molecule is CCN(CC)Cc1ccccc1CNC(=NC)NCCCOCC(C)C. The highest BCUT2D eigenvalue weighted by atomic mass is 16.5. The molecule has 0 radical (unpaired) electrons. The Labute approximate surface area is 160 Å². The van der Waals surface area contributed by atoms with Crippen LogP contribution in [0.25, 0.3) is 0 Å². The van der Waals surface area contributed by atoms with Crippen molar-refractivity contribution in [1.29, 1.82) is 0 Å². The highest BCUT2D eigenvalue weighted by molar-refractivity contribution is 5.79. The van der Waals surface area contributed by atoms with Crippen LogP contribution in [0, 0.1) is 5.92 Å². The minimum atomic E-state index is 0.591. The van der Waals surface area contributed by atoms with Crippen molar-refractivity contribution >= 4 is 5.96 Å². The number of aliphatic imine (C=N–C) groups is 1. The van der Waals surface area contributed by atoms with Crippen molar-refractivity contribution in [2.75, 3.05) is 39.9 Å². The second-order valence-electron chi connectivity index (χ2n) is 6.90. The van der Waals surface area contributed by atoms with Gasteiger partial charge < -0.3 is 15.4 Å². The van der Waals surface area contributed by atoms with Crippen LogP contribution in [0.1, 0.15) is 45.2 Å². The third-order valence-electron chi connectivity index (χ3n) is 4.29. The molecule has 0 aliphatic heterocycles. The van der Waals surface area contributed by atoms with Crippen molar-refractivity contribution in [3.63, 3.8) is 0 Å². The second kappa shape index (κ2) is 13.6. The zero-order valence-electron chi connectivity index (χ0n) is 17.3. The normalized spacial score (nSPS) is 12.0. The molecule has 0 aliphatic carbocycles. The molecule has 0 saturated heterocycles. The molecule has 0 fully saturated rings. The average Bonchev–Trinajstić information content (AvgIpc) is 2.65. The van der Waals surface area contributed by atoms with Gasteiger partial charge >= 0.3 is 0 Å². The van der Waals surface area contributed by atoms with Crippen LogP contribution < -0.4 is 10.6 Å². The van der Waals surface area contributed by atoms with Gasteiger partial charge in [-0.2, -0.15) is 0 Å². The minimum absolute atomic E-state index is 0.591. The fourth-order valence-corrected chi connectivity index (χ4v) is 2.67. The summed E-state index contributed by atoms with van der Waals surface area (Å²) in [4.78, 5) is 6.75. The van der Waals surface area contributed by atoms with E-state index < -0.39 is 0 Å². The van der Waals surface area contributed by atoms with Crippen molar-refractivity contribution in [3.05, 3.63) is 35.4 Å². The quantitative estimate of drug-likeness (QED) is 0.340. The molecule has 1 aromatic carbocycles. The van der Waals surface area contributed by atoms with E-state index in [1.54, 1.807) is 0 Å². The van der Waals surface area contributed by atoms with Gasteiger partial charge in [-0.3, -0.25) is 9.89 Å². The summed E-state index contributed by atoms with van der Waals surface area (Å²) in [5.41, 5.74) is 2.70. The van der Waals surface area contributed by atoms with Crippen LogP contribution in [-0.2, 0) is 17.8 Å². The van der Waals surface area contributed by atoms with E-state index in [1.165, 1.54) is 11.1 Å². The van der Waals surface area contributed by atoms with Gasteiger partial charge in [0.2, 0.25) is 0 Å². The molecule has 0 aromatic heterocycles. The van der Waals surface area contributed by atoms with E-state index in [0.29, 0.717) is 5.92 Å². The molecule has 0 spiro atoms. The Morgan fingerprint density at radius 1 is 1.12 bits per heavy atom. The zero-order chi connectivity index (χ0) is 19.2. The fourth-order valence-electron chi connectivity index (χ4n) is 2.67. The van der Waals surface area contributed by atoms with E-state index in [1.807, 2.05) is 7.05 Å².